The zero-order chi connectivity index (χ0) is 16.2. The topological polar surface area (TPSA) is 42.2 Å². The molecule has 1 fully saturated rings. The van der Waals surface area contributed by atoms with Gasteiger partial charge in [-0.2, -0.15) is 4.98 Å². The van der Waals surface area contributed by atoms with Crippen LogP contribution in [0.25, 0.3) is 0 Å². The minimum absolute atomic E-state index is 0.207. The molecule has 23 heavy (non-hydrogen) atoms. The van der Waals surface area contributed by atoms with Crippen molar-refractivity contribution in [2.45, 2.75) is 39.2 Å². The summed E-state index contributed by atoms with van der Waals surface area (Å²) in [6.07, 6.45) is 3.41. The molecule has 0 N–H and O–H groups in total. The van der Waals surface area contributed by atoms with E-state index in [1.54, 1.807) is 6.92 Å². The third kappa shape index (κ3) is 4.13. The molecule has 0 radical (unpaired) electrons. The molecule has 124 valence electrons. The Bertz CT molecular complexity index is 639. The van der Waals surface area contributed by atoms with Gasteiger partial charge in [-0.05, 0) is 50.3 Å². The number of halogens is 2. The molecule has 1 aromatic heterocycles. The van der Waals surface area contributed by atoms with Crippen LogP contribution in [0.15, 0.2) is 22.7 Å². The van der Waals surface area contributed by atoms with E-state index >= 15 is 0 Å². The number of nitrogens with zero attached hydrogens (tertiary/aromatic N) is 3. The van der Waals surface area contributed by atoms with E-state index in [2.05, 4.69) is 15.0 Å². The van der Waals surface area contributed by atoms with E-state index in [0.29, 0.717) is 30.6 Å². The number of piperidine rings is 1. The van der Waals surface area contributed by atoms with Crippen LogP contribution in [-0.2, 0) is 13.0 Å². The van der Waals surface area contributed by atoms with Gasteiger partial charge < -0.3 is 4.52 Å². The van der Waals surface area contributed by atoms with Crippen molar-refractivity contribution in [1.29, 1.82) is 0 Å². The highest BCUT2D eigenvalue weighted by atomic mass is 19.1. The van der Waals surface area contributed by atoms with Crippen LogP contribution in [0.3, 0.4) is 0 Å². The number of aryl methyl sites for hydroxylation is 1. The van der Waals surface area contributed by atoms with Gasteiger partial charge in [0.1, 0.15) is 11.6 Å². The standard InChI is InChI=1S/C17H21F2N3O/c1-12-20-17(21-23-12)11-22-9-3-4-13(10-22)7-8-14-15(18)5-2-6-16(14)19/h2,5-6,13H,3-4,7-11H2,1H3. The van der Waals surface area contributed by atoms with Crippen molar-refractivity contribution in [2.24, 2.45) is 5.92 Å². The van der Waals surface area contributed by atoms with Crippen molar-refractivity contribution in [1.82, 2.24) is 15.0 Å². The monoisotopic (exact) mass is 321 g/mol. The molecular formula is C17H21F2N3O. The summed E-state index contributed by atoms with van der Waals surface area (Å²) in [6.45, 7) is 4.35. The first-order valence-electron chi connectivity index (χ1n) is 8.06. The summed E-state index contributed by atoms with van der Waals surface area (Å²) in [5.41, 5.74) is 0.207. The summed E-state index contributed by atoms with van der Waals surface area (Å²) in [5.74, 6) is 0.822. The van der Waals surface area contributed by atoms with Crippen molar-refractivity contribution in [3.63, 3.8) is 0 Å². The maximum absolute atomic E-state index is 13.7. The molecule has 0 aliphatic carbocycles. The zero-order valence-corrected chi connectivity index (χ0v) is 13.3. The number of hydrogen-bond acceptors (Lipinski definition) is 4. The molecule has 0 bridgehead atoms. The number of benzene rings is 1. The van der Waals surface area contributed by atoms with E-state index in [-0.39, 0.29) is 5.56 Å². The third-order valence-corrected chi connectivity index (χ3v) is 4.40. The van der Waals surface area contributed by atoms with Gasteiger partial charge in [-0.1, -0.05) is 11.2 Å². The smallest absolute Gasteiger partial charge is 0.223 e. The Morgan fingerprint density at radius 1 is 1.30 bits per heavy atom. The second kappa shape index (κ2) is 7.17. The molecular weight excluding hydrogens is 300 g/mol. The first kappa shape index (κ1) is 16.1. The molecule has 0 spiro atoms. The van der Waals surface area contributed by atoms with Gasteiger partial charge >= 0.3 is 0 Å². The Kier molecular flexibility index (Phi) is 5.00. The second-order valence-electron chi connectivity index (χ2n) is 6.21. The molecule has 0 amide bonds. The zero-order valence-electron chi connectivity index (χ0n) is 13.3. The number of rotatable bonds is 5. The molecule has 3 rings (SSSR count). The molecule has 1 aromatic carbocycles. The predicted octanol–water partition coefficient (Wildman–Crippen LogP) is 3.50. The van der Waals surface area contributed by atoms with Crippen molar-refractivity contribution < 1.29 is 13.3 Å². The summed E-state index contributed by atoms with van der Waals surface area (Å²) < 4.78 is 32.4. The highest BCUT2D eigenvalue weighted by Gasteiger charge is 2.22. The molecule has 1 atom stereocenters. The SMILES string of the molecule is Cc1nc(CN2CCCC(CCc3c(F)cccc3F)C2)no1. The minimum atomic E-state index is -0.445. The molecule has 1 aliphatic heterocycles. The van der Waals surface area contributed by atoms with E-state index in [1.807, 2.05) is 0 Å². The molecule has 1 unspecified atom stereocenters. The van der Waals surface area contributed by atoms with Gasteiger partial charge in [0.15, 0.2) is 5.82 Å². The van der Waals surface area contributed by atoms with Crippen LogP contribution in [0.4, 0.5) is 8.78 Å². The van der Waals surface area contributed by atoms with Crippen molar-refractivity contribution in [3.05, 3.63) is 47.1 Å². The number of aromatic nitrogens is 2. The summed E-state index contributed by atoms with van der Waals surface area (Å²) in [6, 6.07) is 4.05. The Morgan fingerprint density at radius 3 is 2.78 bits per heavy atom. The fourth-order valence-electron chi connectivity index (χ4n) is 3.26. The van der Waals surface area contributed by atoms with Crippen LogP contribution in [0.1, 0.15) is 36.5 Å². The van der Waals surface area contributed by atoms with Crippen LogP contribution in [0, 0.1) is 24.5 Å². The fraction of sp³-hybridized carbons (Fsp3) is 0.529. The van der Waals surface area contributed by atoms with Gasteiger partial charge in [-0.25, -0.2) is 8.78 Å². The number of hydrogen-bond donors (Lipinski definition) is 0. The molecule has 4 nitrogen and oxygen atoms in total. The molecule has 0 saturated carbocycles. The van der Waals surface area contributed by atoms with Crippen LogP contribution < -0.4 is 0 Å². The maximum atomic E-state index is 13.7. The Morgan fingerprint density at radius 2 is 2.09 bits per heavy atom. The highest BCUT2D eigenvalue weighted by Crippen LogP contribution is 2.24. The molecule has 2 heterocycles. The lowest BCUT2D eigenvalue weighted by Crippen LogP contribution is -2.35. The largest absolute Gasteiger partial charge is 0.340 e. The summed E-state index contributed by atoms with van der Waals surface area (Å²) >= 11 is 0. The first-order valence-corrected chi connectivity index (χ1v) is 8.06. The van der Waals surface area contributed by atoms with Crippen LogP contribution in [0.5, 0.6) is 0 Å². The quantitative estimate of drug-likeness (QED) is 0.845. The second-order valence-corrected chi connectivity index (χ2v) is 6.21. The first-order chi connectivity index (χ1) is 11.1. The van der Waals surface area contributed by atoms with Crippen LogP contribution in [-0.4, -0.2) is 28.1 Å². The van der Waals surface area contributed by atoms with Gasteiger partial charge in [0.2, 0.25) is 5.89 Å². The van der Waals surface area contributed by atoms with Gasteiger partial charge in [0, 0.05) is 19.0 Å². The number of likely N-dealkylation sites (tertiary alicyclic amines) is 1. The molecule has 2 aromatic rings. The van der Waals surface area contributed by atoms with E-state index in [0.717, 1.165) is 32.4 Å². The van der Waals surface area contributed by atoms with E-state index in [1.165, 1.54) is 18.2 Å². The average Bonchev–Trinajstić information content (AvgIpc) is 2.92. The molecule has 6 heteroatoms. The normalized spacial score (nSPS) is 19.2. The van der Waals surface area contributed by atoms with Crippen molar-refractivity contribution in [2.75, 3.05) is 13.1 Å². The lowest BCUT2D eigenvalue weighted by Gasteiger charge is -2.32. The Balaban J connectivity index is 1.54. The molecule has 1 saturated heterocycles. The third-order valence-electron chi connectivity index (χ3n) is 4.40. The Hall–Kier alpha value is -1.82. The van der Waals surface area contributed by atoms with Gasteiger partial charge in [0.25, 0.3) is 0 Å². The van der Waals surface area contributed by atoms with Crippen molar-refractivity contribution in [3.8, 4) is 0 Å². The van der Waals surface area contributed by atoms with Gasteiger partial charge in [-0.3, -0.25) is 4.90 Å². The average molecular weight is 321 g/mol. The van der Waals surface area contributed by atoms with Crippen LogP contribution in [0.2, 0.25) is 0 Å². The van der Waals surface area contributed by atoms with Crippen molar-refractivity contribution >= 4 is 0 Å². The van der Waals surface area contributed by atoms with Crippen LogP contribution >= 0.6 is 0 Å². The summed E-state index contributed by atoms with van der Waals surface area (Å²) in [4.78, 5) is 6.52. The Labute approximate surface area is 134 Å². The molecule has 1 aliphatic rings. The minimum Gasteiger partial charge on any atom is -0.340 e. The van der Waals surface area contributed by atoms with Gasteiger partial charge in [-0.15, -0.1) is 0 Å². The predicted molar refractivity (Wildman–Crippen MR) is 81.7 cm³/mol. The van der Waals surface area contributed by atoms with E-state index in [4.69, 9.17) is 4.52 Å². The fourth-order valence-corrected chi connectivity index (χ4v) is 3.26. The summed E-state index contributed by atoms with van der Waals surface area (Å²) in [5, 5.41) is 3.92. The van der Waals surface area contributed by atoms with Gasteiger partial charge in [0.05, 0.1) is 6.54 Å². The van der Waals surface area contributed by atoms with E-state index in [9.17, 15) is 8.78 Å². The highest BCUT2D eigenvalue weighted by molar-refractivity contribution is 5.19. The van der Waals surface area contributed by atoms with E-state index < -0.39 is 11.6 Å². The lowest BCUT2D eigenvalue weighted by atomic mass is 9.91. The summed E-state index contributed by atoms with van der Waals surface area (Å²) in [7, 11) is 0. The lowest BCUT2D eigenvalue weighted by molar-refractivity contribution is 0.156. The maximum Gasteiger partial charge on any atom is 0.223 e.